The first-order valence-corrected chi connectivity index (χ1v) is 8.82. The van der Waals surface area contributed by atoms with Gasteiger partial charge >= 0.3 is 0 Å². The lowest BCUT2D eigenvalue weighted by molar-refractivity contribution is 0.0988. The van der Waals surface area contributed by atoms with Gasteiger partial charge in [0.1, 0.15) is 17.3 Å². The molecule has 0 fully saturated rings. The van der Waals surface area contributed by atoms with Gasteiger partial charge in [0.05, 0.1) is 18.8 Å². The van der Waals surface area contributed by atoms with Crippen molar-refractivity contribution in [3.8, 4) is 5.75 Å². The number of carbonyl (C=O) groups excluding carboxylic acids is 1. The van der Waals surface area contributed by atoms with Crippen molar-refractivity contribution >= 4 is 11.6 Å². The molecule has 1 atom stereocenters. The van der Waals surface area contributed by atoms with Crippen LogP contribution in [0.15, 0.2) is 48.5 Å². The standard InChI is InChI=1S/C21H20FN3O2/c1-12(2)18-17-19(24-23-18)21(26)25(15-8-10-16(27-3)11-9-15)20(17)13-4-6-14(22)7-5-13/h4-12,20H,1-3H3,(H,23,24). The number of rotatable bonds is 4. The second kappa shape index (κ2) is 6.54. The Labute approximate surface area is 156 Å². The van der Waals surface area contributed by atoms with E-state index < -0.39 is 0 Å². The first kappa shape index (κ1) is 17.3. The average molecular weight is 365 g/mol. The van der Waals surface area contributed by atoms with Crippen molar-refractivity contribution < 1.29 is 13.9 Å². The second-order valence-electron chi connectivity index (χ2n) is 6.88. The number of amides is 1. The smallest absolute Gasteiger partial charge is 0.277 e. The molecule has 0 bridgehead atoms. The molecule has 0 radical (unpaired) electrons. The Kier molecular flexibility index (Phi) is 4.18. The maximum Gasteiger partial charge on any atom is 0.277 e. The SMILES string of the molecule is COc1ccc(N2C(=O)c3[nH]nc(C(C)C)c3C2c2ccc(F)cc2)cc1. The summed E-state index contributed by atoms with van der Waals surface area (Å²) in [5, 5.41) is 7.28. The number of halogens is 1. The molecule has 0 spiro atoms. The van der Waals surface area contributed by atoms with Gasteiger partial charge < -0.3 is 4.74 Å². The lowest BCUT2D eigenvalue weighted by atomic mass is 9.94. The van der Waals surface area contributed by atoms with Crippen LogP contribution >= 0.6 is 0 Å². The Bertz CT molecular complexity index is 978. The van der Waals surface area contributed by atoms with Gasteiger partial charge in [0.2, 0.25) is 0 Å². The minimum Gasteiger partial charge on any atom is -0.497 e. The lowest BCUT2D eigenvalue weighted by Gasteiger charge is -2.27. The molecule has 4 rings (SSSR count). The van der Waals surface area contributed by atoms with E-state index in [1.165, 1.54) is 12.1 Å². The van der Waals surface area contributed by atoms with Gasteiger partial charge in [0.25, 0.3) is 5.91 Å². The van der Waals surface area contributed by atoms with Crippen molar-refractivity contribution in [3.63, 3.8) is 0 Å². The molecule has 2 aromatic carbocycles. The number of aromatic amines is 1. The highest BCUT2D eigenvalue weighted by Gasteiger charge is 2.43. The highest BCUT2D eigenvalue weighted by Crippen LogP contribution is 2.44. The van der Waals surface area contributed by atoms with Crippen molar-refractivity contribution in [2.24, 2.45) is 0 Å². The summed E-state index contributed by atoms with van der Waals surface area (Å²) in [6, 6.07) is 13.2. The molecule has 1 N–H and O–H groups in total. The number of hydrogen-bond donors (Lipinski definition) is 1. The number of nitrogens with zero attached hydrogens (tertiary/aromatic N) is 2. The zero-order valence-corrected chi connectivity index (χ0v) is 15.4. The van der Waals surface area contributed by atoms with Gasteiger partial charge in [-0.1, -0.05) is 26.0 Å². The van der Waals surface area contributed by atoms with Gasteiger partial charge in [-0.15, -0.1) is 0 Å². The number of fused-ring (bicyclic) bond motifs is 1. The fourth-order valence-corrected chi connectivity index (χ4v) is 3.58. The Hall–Kier alpha value is -3.15. The molecular weight excluding hydrogens is 345 g/mol. The van der Waals surface area contributed by atoms with Crippen LogP contribution in [0, 0.1) is 5.82 Å². The molecule has 27 heavy (non-hydrogen) atoms. The summed E-state index contributed by atoms with van der Waals surface area (Å²) in [5.41, 5.74) is 3.78. The first-order chi connectivity index (χ1) is 13.0. The van der Waals surface area contributed by atoms with Crippen molar-refractivity contribution in [1.82, 2.24) is 10.2 Å². The van der Waals surface area contributed by atoms with Gasteiger partial charge in [-0.05, 0) is 47.9 Å². The van der Waals surface area contributed by atoms with Gasteiger partial charge in [-0.25, -0.2) is 4.39 Å². The molecule has 6 heteroatoms. The van der Waals surface area contributed by atoms with Crippen LogP contribution in [0.25, 0.3) is 0 Å². The number of hydrogen-bond acceptors (Lipinski definition) is 3. The van der Waals surface area contributed by atoms with E-state index in [1.807, 2.05) is 38.1 Å². The fraction of sp³-hybridized carbons (Fsp3) is 0.238. The number of carbonyl (C=O) groups is 1. The molecule has 3 aromatic rings. The first-order valence-electron chi connectivity index (χ1n) is 8.82. The summed E-state index contributed by atoms with van der Waals surface area (Å²) in [7, 11) is 1.60. The van der Waals surface area contributed by atoms with E-state index in [0.29, 0.717) is 11.4 Å². The Morgan fingerprint density at radius 3 is 2.37 bits per heavy atom. The third-order valence-electron chi connectivity index (χ3n) is 4.88. The van der Waals surface area contributed by atoms with Crippen LogP contribution in [0.2, 0.25) is 0 Å². The normalized spacial score (nSPS) is 16.1. The van der Waals surface area contributed by atoms with Gasteiger partial charge in [-0.2, -0.15) is 5.10 Å². The van der Waals surface area contributed by atoms with Gasteiger partial charge in [-0.3, -0.25) is 14.8 Å². The predicted molar refractivity (Wildman–Crippen MR) is 101 cm³/mol. The van der Waals surface area contributed by atoms with Gasteiger partial charge in [0.15, 0.2) is 0 Å². The number of aromatic nitrogens is 2. The lowest BCUT2D eigenvalue weighted by Crippen LogP contribution is -2.29. The Morgan fingerprint density at radius 2 is 1.78 bits per heavy atom. The maximum atomic E-state index is 13.5. The van der Waals surface area contributed by atoms with E-state index in [-0.39, 0.29) is 23.7 Å². The topological polar surface area (TPSA) is 58.2 Å². The molecule has 0 aliphatic carbocycles. The molecule has 1 unspecified atom stereocenters. The number of anilines is 1. The van der Waals surface area contributed by atoms with Crippen molar-refractivity contribution in [2.75, 3.05) is 12.0 Å². The molecule has 5 nitrogen and oxygen atoms in total. The van der Waals surface area contributed by atoms with Crippen LogP contribution in [0.3, 0.4) is 0 Å². The molecule has 1 aliphatic heterocycles. The predicted octanol–water partition coefficient (Wildman–Crippen LogP) is 4.43. The van der Waals surface area contributed by atoms with Crippen LogP contribution in [0.4, 0.5) is 10.1 Å². The molecule has 2 heterocycles. The van der Waals surface area contributed by atoms with E-state index in [9.17, 15) is 9.18 Å². The minimum absolute atomic E-state index is 0.149. The highest BCUT2D eigenvalue weighted by atomic mass is 19.1. The summed E-state index contributed by atoms with van der Waals surface area (Å²) in [6.45, 7) is 4.08. The summed E-state index contributed by atoms with van der Waals surface area (Å²) in [5.74, 6) is 0.405. The quantitative estimate of drug-likeness (QED) is 0.744. The van der Waals surface area contributed by atoms with E-state index in [0.717, 1.165) is 22.5 Å². The zero-order chi connectivity index (χ0) is 19.1. The number of nitrogens with one attached hydrogen (secondary N) is 1. The highest BCUT2D eigenvalue weighted by molar-refractivity contribution is 6.10. The van der Waals surface area contributed by atoms with E-state index in [2.05, 4.69) is 10.2 Å². The van der Waals surface area contributed by atoms with Gasteiger partial charge in [0, 0.05) is 11.3 Å². The molecule has 1 aromatic heterocycles. The van der Waals surface area contributed by atoms with Crippen molar-refractivity contribution in [3.05, 3.63) is 76.9 Å². The average Bonchev–Trinajstić information content (AvgIpc) is 3.22. The largest absolute Gasteiger partial charge is 0.497 e. The zero-order valence-electron chi connectivity index (χ0n) is 15.4. The maximum absolute atomic E-state index is 13.5. The fourth-order valence-electron chi connectivity index (χ4n) is 3.58. The van der Waals surface area contributed by atoms with E-state index >= 15 is 0 Å². The third-order valence-corrected chi connectivity index (χ3v) is 4.88. The Balaban J connectivity index is 1.88. The molecule has 1 amide bonds. The van der Waals surface area contributed by atoms with Crippen molar-refractivity contribution in [1.29, 1.82) is 0 Å². The molecule has 1 aliphatic rings. The molecule has 138 valence electrons. The second-order valence-corrected chi connectivity index (χ2v) is 6.88. The summed E-state index contributed by atoms with van der Waals surface area (Å²) in [6.07, 6.45) is 0. The monoisotopic (exact) mass is 365 g/mol. The van der Waals surface area contributed by atoms with Crippen LogP contribution < -0.4 is 9.64 Å². The molecule has 0 saturated heterocycles. The number of benzene rings is 2. The number of ether oxygens (including phenoxy) is 1. The van der Waals surface area contributed by atoms with E-state index in [1.54, 1.807) is 24.1 Å². The number of H-pyrrole nitrogens is 1. The number of methoxy groups -OCH3 is 1. The third kappa shape index (κ3) is 2.77. The molecule has 0 saturated carbocycles. The van der Waals surface area contributed by atoms with Crippen molar-refractivity contribution in [2.45, 2.75) is 25.8 Å². The Morgan fingerprint density at radius 1 is 1.11 bits per heavy atom. The minimum atomic E-state index is -0.363. The summed E-state index contributed by atoms with van der Waals surface area (Å²) < 4.78 is 18.7. The van der Waals surface area contributed by atoms with Crippen LogP contribution in [0.1, 0.15) is 53.1 Å². The summed E-state index contributed by atoms with van der Waals surface area (Å²) in [4.78, 5) is 14.9. The molecular formula is C21H20FN3O2. The van der Waals surface area contributed by atoms with Crippen LogP contribution in [-0.4, -0.2) is 23.2 Å². The van der Waals surface area contributed by atoms with E-state index in [4.69, 9.17) is 4.74 Å². The van der Waals surface area contributed by atoms with Crippen LogP contribution in [-0.2, 0) is 0 Å². The van der Waals surface area contributed by atoms with Crippen LogP contribution in [0.5, 0.6) is 5.75 Å². The summed E-state index contributed by atoms with van der Waals surface area (Å²) >= 11 is 0.